The molecule has 0 amide bonds. The molecule has 4 heteroatoms. The molecule has 0 radical (unpaired) electrons. The van der Waals surface area contributed by atoms with Crippen molar-refractivity contribution in [3.05, 3.63) is 28.0 Å². The van der Waals surface area contributed by atoms with E-state index in [0.29, 0.717) is 22.3 Å². The van der Waals surface area contributed by atoms with Gasteiger partial charge in [-0.3, -0.25) is 0 Å². The molecule has 1 aromatic rings. The first-order valence-corrected chi connectivity index (χ1v) is 6.29. The third-order valence-electron chi connectivity index (χ3n) is 2.87. The van der Waals surface area contributed by atoms with E-state index in [4.69, 9.17) is 0 Å². The zero-order chi connectivity index (χ0) is 13.2. The van der Waals surface area contributed by atoms with Gasteiger partial charge in [0.1, 0.15) is 12.1 Å². The molecular weight excluding hydrogens is 285 g/mol. The lowest BCUT2D eigenvalue weighted by molar-refractivity contribution is -0.111. The van der Waals surface area contributed by atoms with Crippen molar-refractivity contribution >= 4 is 27.9 Å². The predicted molar refractivity (Wildman–Crippen MR) is 72.1 cm³/mol. The number of benzene rings is 1. The van der Waals surface area contributed by atoms with Crippen LogP contribution in [0.2, 0.25) is 0 Å². The zero-order valence-electron chi connectivity index (χ0n) is 10.6. The molecular formula is C13H17BrFNO. The maximum Gasteiger partial charge on any atom is 0.147 e. The number of rotatable bonds is 4. The zero-order valence-corrected chi connectivity index (χ0v) is 12.1. The third kappa shape index (κ3) is 2.86. The van der Waals surface area contributed by atoms with Gasteiger partial charge in [-0.2, -0.15) is 0 Å². The van der Waals surface area contributed by atoms with Crippen molar-refractivity contribution in [3.8, 4) is 0 Å². The molecule has 0 atom stereocenters. The summed E-state index contributed by atoms with van der Waals surface area (Å²) in [5, 5.41) is 0. The van der Waals surface area contributed by atoms with Crippen molar-refractivity contribution in [2.45, 2.75) is 26.2 Å². The summed E-state index contributed by atoms with van der Waals surface area (Å²) in [5.74, 6) is -0.311. The quantitative estimate of drug-likeness (QED) is 0.793. The van der Waals surface area contributed by atoms with Crippen molar-refractivity contribution in [2.75, 3.05) is 18.5 Å². The van der Waals surface area contributed by atoms with Gasteiger partial charge in [-0.25, -0.2) is 4.39 Å². The van der Waals surface area contributed by atoms with Gasteiger partial charge in [0.25, 0.3) is 0 Å². The Bertz CT molecular complexity index is 432. The fourth-order valence-corrected chi connectivity index (χ4v) is 2.10. The van der Waals surface area contributed by atoms with Crippen molar-refractivity contribution in [3.63, 3.8) is 0 Å². The van der Waals surface area contributed by atoms with Gasteiger partial charge in [0.05, 0.1) is 5.69 Å². The van der Waals surface area contributed by atoms with Crippen LogP contribution in [0.25, 0.3) is 0 Å². The predicted octanol–water partition coefficient (Wildman–Crippen LogP) is 3.52. The number of anilines is 1. The summed E-state index contributed by atoms with van der Waals surface area (Å²) in [6.07, 6.45) is 0.848. The molecule has 17 heavy (non-hydrogen) atoms. The van der Waals surface area contributed by atoms with E-state index in [9.17, 15) is 9.18 Å². The van der Waals surface area contributed by atoms with Gasteiger partial charge in [-0.05, 0) is 38.5 Å². The number of aldehydes is 1. The fourth-order valence-electron chi connectivity index (χ4n) is 1.67. The molecule has 0 saturated carbocycles. The van der Waals surface area contributed by atoms with Gasteiger partial charge in [0, 0.05) is 23.5 Å². The summed E-state index contributed by atoms with van der Waals surface area (Å²) in [6, 6.07) is 3.23. The smallest absolute Gasteiger partial charge is 0.147 e. The Labute approximate surface area is 110 Å². The van der Waals surface area contributed by atoms with Crippen LogP contribution in [-0.4, -0.2) is 19.9 Å². The van der Waals surface area contributed by atoms with Crippen molar-refractivity contribution in [1.29, 1.82) is 0 Å². The van der Waals surface area contributed by atoms with Crippen LogP contribution in [0.3, 0.4) is 0 Å². The van der Waals surface area contributed by atoms with Gasteiger partial charge in [0.2, 0.25) is 0 Å². The number of carbonyl (C=O) groups is 1. The van der Waals surface area contributed by atoms with E-state index < -0.39 is 5.41 Å². The first kappa shape index (κ1) is 14.2. The Hall–Kier alpha value is -0.900. The molecule has 94 valence electrons. The second-order valence-corrected chi connectivity index (χ2v) is 5.55. The topological polar surface area (TPSA) is 20.3 Å². The third-order valence-corrected chi connectivity index (χ3v) is 3.33. The normalized spacial score (nSPS) is 11.4. The minimum atomic E-state index is -0.705. The first-order chi connectivity index (χ1) is 7.83. The molecule has 2 nitrogen and oxygen atoms in total. The highest BCUT2D eigenvalue weighted by Gasteiger charge is 2.27. The molecule has 1 rings (SSSR count). The van der Waals surface area contributed by atoms with Crippen LogP contribution in [0.1, 0.15) is 26.3 Å². The molecule has 0 aromatic heterocycles. The van der Waals surface area contributed by atoms with Crippen LogP contribution in [0.5, 0.6) is 0 Å². The molecule has 0 fully saturated rings. The Balaban J connectivity index is 3.51. The number of carbonyl (C=O) groups excluding carboxylic acids is 1. The summed E-state index contributed by atoms with van der Waals surface area (Å²) in [5.41, 5.74) is 0.486. The van der Waals surface area contributed by atoms with E-state index in [2.05, 4.69) is 15.9 Å². The van der Waals surface area contributed by atoms with Crippen LogP contribution in [0.15, 0.2) is 16.6 Å². The lowest BCUT2D eigenvalue weighted by atomic mass is 9.84. The molecule has 0 unspecified atom stereocenters. The molecule has 0 heterocycles. The number of nitrogens with zero attached hydrogens (tertiary/aromatic N) is 1. The van der Waals surface area contributed by atoms with Gasteiger partial charge in [-0.1, -0.05) is 15.9 Å². The summed E-state index contributed by atoms with van der Waals surface area (Å²) in [7, 11) is 1.82. The molecule has 0 spiro atoms. The summed E-state index contributed by atoms with van der Waals surface area (Å²) in [4.78, 5) is 13.0. The van der Waals surface area contributed by atoms with Crippen molar-refractivity contribution in [2.24, 2.45) is 0 Å². The van der Waals surface area contributed by atoms with E-state index in [0.717, 1.165) is 6.29 Å². The van der Waals surface area contributed by atoms with Crippen LogP contribution < -0.4 is 4.90 Å². The molecule has 0 bridgehead atoms. The van der Waals surface area contributed by atoms with Gasteiger partial charge in [0.15, 0.2) is 0 Å². The Morgan fingerprint density at radius 3 is 2.53 bits per heavy atom. The van der Waals surface area contributed by atoms with Crippen molar-refractivity contribution < 1.29 is 9.18 Å². The minimum absolute atomic E-state index is 0.311. The Morgan fingerprint density at radius 2 is 2.06 bits per heavy atom. The maximum absolute atomic E-state index is 14.0. The van der Waals surface area contributed by atoms with E-state index in [1.165, 1.54) is 6.07 Å². The highest BCUT2D eigenvalue weighted by Crippen LogP contribution is 2.35. The second-order valence-electron chi connectivity index (χ2n) is 4.64. The highest BCUT2D eigenvalue weighted by molar-refractivity contribution is 9.10. The summed E-state index contributed by atoms with van der Waals surface area (Å²) in [6.45, 7) is 6.20. The van der Waals surface area contributed by atoms with E-state index in [1.807, 2.05) is 18.9 Å². The van der Waals surface area contributed by atoms with E-state index in [1.54, 1.807) is 19.9 Å². The average Bonchev–Trinajstić information content (AvgIpc) is 2.27. The van der Waals surface area contributed by atoms with Crippen LogP contribution >= 0.6 is 15.9 Å². The monoisotopic (exact) mass is 301 g/mol. The molecule has 0 N–H and O–H groups in total. The Kier molecular flexibility index (Phi) is 4.31. The standard InChI is InChI=1S/C13H17BrFNO/c1-5-16(4)12-10(13(2,3)8-17)6-9(14)7-11(12)15/h6-8H,5H2,1-4H3. The highest BCUT2D eigenvalue weighted by atomic mass is 79.9. The Morgan fingerprint density at radius 1 is 1.47 bits per heavy atom. The average molecular weight is 302 g/mol. The molecule has 1 aromatic carbocycles. The van der Waals surface area contributed by atoms with Crippen LogP contribution in [-0.2, 0) is 10.2 Å². The lowest BCUT2D eigenvalue weighted by Gasteiger charge is -2.28. The van der Waals surface area contributed by atoms with Crippen molar-refractivity contribution in [1.82, 2.24) is 0 Å². The fraction of sp³-hybridized carbons (Fsp3) is 0.462. The number of halogens is 2. The maximum atomic E-state index is 14.0. The van der Waals surface area contributed by atoms with Crippen LogP contribution in [0, 0.1) is 5.82 Å². The molecule has 0 aliphatic carbocycles. The summed E-state index contributed by atoms with van der Waals surface area (Å²) >= 11 is 3.27. The largest absolute Gasteiger partial charge is 0.372 e. The number of hydrogen-bond donors (Lipinski definition) is 0. The van der Waals surface area contributed by atoms with E-state index in [-0.39, 0.29) is 5.82 Å². The second kappa shape index (κ2) is 5.17. The number of hydrogen-bond acceptors (Lipinski definition) is 2. The molecule has 0 aliphatic rings. The van der Waals surface area contributed by atoms with Gasteiger partial charge >= 0.3 is 0 Å². The first-order valence-electron chi connectivity index (χ1n) is 5.50. The van der Waals surface area contributed by atoms with Gasteiger partial charge in [-0.15, -0.1) is 0 Å². The lowest BCUT2D eigenvalue weighted by Crippen LogP contribution is -2.26. The van der Waals surface area contributed by atoms with Crippen LogP contribution in [0.4, 0.5) is 10.1 Å². The summed E-state index contributed by atoms with van der Waals surface area (Å²) < 4.78 is 14.7. The SMILES string of the molecule is CCN(C)c1c(F)cc(Br)cc1C(C)(C)C=O. The van der Waals surface area contributed by atoms with Gasteiger partial charge < -0.3 is 9.69 Å². The minimum Gasteiger partial charge on any atom is -0.372 e. The molecule has 0 saturated heterocycles. The van der Waals surface area contributed by atoms with E-state index >= 15 is 0 Å². The molecule has 0 aliphatic heterocycles.